The molecule has 0 saturated heterocycles. The molecule has 0 unspecified atom stereocenters. The van der Waals surface area contributed by atoms with Gasteiger partial charge in [-0.2, -0.15) is 0 Å². The van der Waals surface area contributed by atoms with Gasteiger partial charge in [0.25, 0.3) is 16.4 Å². The maximum Gasteiger partial charge on any atom is 0.272 e. The molecule has 3 aromatic rings. The molecule has 0 saturated carbocycles. The molecule has 0 bridgehead atoms. The van der Waals surface area contributed by atoms with E-state index < -0.39 is 23.1 Å². The van der Waals surface area contributed by atoms with Gasteiger partial charge >= 0.3 is 0 Å². The Hall–Kier alpha value is -2.75. The number of aromatic nitrogens is 3. The molecule has 0 aliphatic rings. The van der Waals surface area contributed by atoms with Crippen LogP contribution in [0.25, 0.3) is 5.65 Å². The molecule has 27 heavy (non-hydrogen) atoms. The number of anilines is 1. The molecule has 7 nitrogen and oxygen atoms in total. The van der Waals surface area contributed by atoms with E-state index in [9.17, 15) is 17.2 Å². The van der Waals surface area contributed by atoms with E-state index in [1.54, 1.807) is 22.7 Å². The fourth-order valence-electron chi connectivity index (χ4n) is 2.45. The van der Waals surface area contributed by atoms with Crippen molar-refractivity contribution in [3.8, 4) is 5.75 Å². The van der Waals surface area contributed by atoms with Crippen LogP contribution in [0.1, 0.15) is 25.6 Å². The van der Waals surface area contributed by atoms with Crippen molar-refractivity contribution < 1.29 is 21.9 Å². The lowest BCUT2D eigenvalue weighted by Gasteiger charge is -2.10. The minimum absolute atomic E-state index is 0.0140. The number of ether oxygens (including phenoxy) is 1. The zero-order chi connectivity index (χ0) is 19.6. The van der Waals surface area contributed by atoms with E-state index in [0.29, 0.717) is 17.2 Å². The maximum atomic E-state index is 12.6. The van der Waals surface area contributed by atoms with Crippen LogP contribution >= 0.6 is 0 Å². The summed E-state index contributed by atoms with van der Waals surface area (Å²) in [6.45, 7) is 3.18. The SMILES string of the molecule is CC(C)c1nnc2ccc(NS(=O)(=O)c3ccc(OCC(F)F)cc3)cn12. The molecule has 0 fully saturated rings. The number of hydrogen-bond acceptors (Lipinski definition) is 5. The van der Waals surface area contributed by atoms with E-state index in [1.807, 2.05) is 13.8 Å². The van der Waals surface area contributed by atoms with Crippen molar-refractivity contribution in [2.75, 3.05) is 11.3 Å². The number of pyridine rings is 1. The van der Waals surface area contributed by atoms with Gasteiger partial charge in [0.15, 0.2) is 5.65 Å². The number of rotatable bonds is 7. The average molecular weight is 396 g/mol. The molecule has 2 heterocycles. The lowest BCUT2D eigenvalue weighted by molar-refractivity contribution is 0.0819. The van der Waals surface area contributed by atoms with Crippen LogP contribution in [0.15, 0.2) is 47.5 Å². The third-order valence-electron chi connectivity index (χ3n) is 3.71. The molecule has 0 amide bonds. The highest BCUT2D eigenvalue weighted by molar-refractivity contribution is 7.92. The molecular formula is C17H18F2N4O3S. The highest BCUT2D eigenvalue weighted by atomic mass is 32.2. The van der Waals surface area contributed by atoms with Gasteiger partial charge < -0.3 is 4.74 Å². The van der Waals surface area contributed by atoms with E-state index >= 15 is 0 Å². The van der Waals surface area contributed by atoms with Gasteiger partial charge in [-0.05, 0) is 36.4 Å². The minimum Gasteiger partial charge on any atom is -0.488 e. The Kier molecular flexibility index (Phi) is 5.26. The first kappa shape index (κ1) is 19.0. The van der Waals surface area contributed by atoms with Crippen LogP contribution < -0.4 is 9.46 Å². The van der Waals surface area contributed by atoms with Crippen LogP contribution in [0.4, 0.5) is 14.5 Å². The Bertz CT molecular complexity index is 1030. The molecule has 2 aromatic heterocycles. The zero-order valence-electron chi connectivity index (χ0n) is 14.6. The Morgan fingerprint density at radius 3 is 2.44 bits per heavy atom. The topological polar surface area (TPSA) is 85.6 Å². The van der Waals surface area contributed by atoms with Crippen molar-refractivity contribution in [2.45, 2.75) is 31.1 Å². The molecule has 0 spiro atoms. The predicted octanol–water partition coefficient (Wildman–Crippen LogP) is 3.30. The van der Waals surface area contributed by atoms with Gasteiger partial charge in [-0.15, -0.1) is 10.2 Å². The summed E-state index contributed by atoms with van der Waals surface area (Å²) < 4.78 is 58.5. The molecule has 0 aliphatic heterocycles. The second-order valence-corrected chi connectivity index (χ2v) is 7.82. The summed E-state index contributed by atoms with van der Waals surface area (Å²) in [6.07, 6.45) is -0.985. The monoisotopic (exact) mass is 396 g/mol. The summed E-state index contributed by atoms with van der Waals surface area (Å²) in [5.41, 5.74) is 0.962. The zero-order valence-corrected chi connectivity index (χ0v) is 15.5. The number of nitrogens with one attached hydrogen (secondary N) is 1. The summed E-state index contributed by atoms with van der Waals surface area (Å²) in [6, 6.07) is 8.50. The summed E-state index contributed by atoms with van der Waals surface area (Å²) in [7, 11) is -3.85. The van der Waals surface area contributed by atoms with Crippen LogP contribution in [0.3, 0.4) is 0 Å². The quantitative estimate of drug-likeness (QED) is 0.662. The van der Waals surface area contributed by atoms with E-state index in [-0.39, 0.29) is 16.6 Å². The standard InChI is InChI=1S/C17H18F2N4O3S/c1-11(2)17-21-20-16-8-3-12(9-23(16)17)22-27(24,25)14-6-4-13(5-7-14)26-10-15(18)19/h3-9,11,15,22H,10H2,1-2H3. The highest BCUT2D eigenvalue weighted by Crippen LogP contribution is 2.21. The molecule has 1 aromatic carbocycles. The average Bonchev–Trinajstić information content (AvgIpc) is 3.03. The van der Waals surface area contributed by atoms with Gasteiger partial charge in [0, 0.05) is 12.1 Å². The van der Waals surface area contributed by atoms with Gasteiger partial charge in [0.1, 0.15) is 18.2 Å². The molecule has 0 aliphatic carbocycles. The first-order chi connectivity index (χ1) is 12.8. The van der Waals surface area contributed by atoms with Crippen LogP contribution in [-0.2, 0) is 10.0 Å². The second-order valence-electron chi connectivity index (χ2n) is 6.14. The second kappa shape index (κ2) is 7.47. The summed E-state index contributed by atoms with van der Waals surface area (Å²) >= 11 is 0. The van der Waals surface area contributed by atoms with Crippen LogP contribution in [0.2, 0.25) is 0 Å². The van der Waals surface area contributed by atoms with E-state index in [0.717, 1.165) is 0 Å². The predicted molar refractivity (Wildman–Crippen MR) is 95.8 cm³/mol. The van der Waals surface area contributed by atoms with Crippen molar-refractivity contribution >= 4 is 21.4 Å². The van der Waals surface area contributed by atoms with E-state index in [1.165, 1.54) is 24.3 Å². The van der Waals surface area contributed by atoms with Gasteiger partial charge in [-0.1, -0.05) is 13.8 Å². The Morgan fingerprint density at radius 2 is 1.81 bits per heavy atom. The number of fused-ring (bicyclic) bond motifs is 1. The van der Waals surface area contributed by atoms with Crippen LogP contribution in [0, 0.1) is 0 Å². The van der Waals surface area contributed by atoms with Crippen molar-refractivity contribution in [1.29, 1.82) is 0 Å². The molecular weight excluding hydrogens is 378 g/mol. The van der Waals surface area contributed by atoms with Crippen LogP contribution in [-0.4, -0.2) is 36.0 Å². The molecule has 3 rings (SSSR count). The third kappa shape index (κ3) is 4.33. The Labute approximate surface area is 155 Å². The fraction of sp³-hybridized carbons (Fsp3) is 0.294. The van der Waals surface area contributed by atoms with Crippen LogP contribution in [0.5, 0.6) is 5.75 Å². The number of sulfonamides is 1. The molecule has 1 N–H and O–H groups in total. The minimum atomic E-state index is -3.85. The maximum absolute atomic E-state index is 12.6. The smallest absolute Gasteiger partial charge is 0.272 e. The fourth-order valence-corrected chi connectivity index (χ4v) is 3.49. The molecule has 10 heteroatoms. The largest absolute Gasteiger partial charge is 0.488 e. The van der Waals surface area contributed by atoms with E-state index in [4.69, 9.17) is 4.74 Å². The molecule has 0 radical (unpaired) electrons. The van der Waals surface area contributed by atoms with Gasteiger partial charge in [0.2, 0.25) is 0 Å². The lowest BCUT2D eigenvalue weighted by Crippen LogP contribution is -2.13. The Balaban J connectivity index is 1.81. The summed E-state index contributed by atoms with van der Waals surface area (Å²) in [5, 5.41) is 8.14. The van der Waals surface area contributed by atoms with Crippen molar-refractivity contribution in [2.24, 2.45) is 0 Å². The number of benzene rings is 1. The van der Waals surface area contributed by atoms with Gasteiger partial charge in [0.05, 0.1) is 10.6 Å². The number of alkyl halides is 2. The molecule has 0 atom stereocenters. The van der Waals surface area contributed by atoms with E-state index in [2.05, 4.69) is 14.9 Å². The lowest BCUT2D eigenvalue weighted by atomic mass is 10.2. The van der Waals surface area contributed by atoms with Crippen molar-refractivity contribution in [3.63, 3.8) is 0 Å². The summed E-state index contributed by atoms with van der Waals surface area (Å²) in [4.78, 5) is -0.0140. The Morgan fingerprint density at radius 1 is 1.11 bits per heavy atom. The summed E-state index contributed by atoms with van der Waals surface area (Å²) in [5.74, 6) is 1.00. The first-order valence-corrected chi connectivity index (χ1v) is 9.63. The normalized spacial score (nSPS) is 12.1. The van der Waals surface area contributed by atoms with Crippen molar-refractivity contribution in [1.82, 2.24) is 14.6 Å². The third-order valence-corrected chi connectivity index (χ3v) is 5.10. The number of hydrogen-bond donors (Lipinski definition) is 1. The van der Waals surface area contributed by atoms with Gasteiger partial charge in [-0.3, -0.25) is 9.12 Å². The molecule has 144 valence electrons. The van der Waals surface area contributed by atoms with Gasteiger partial charge in [-0.25, -0.2) is 17.2 Å². The first-order valence-electron chi connectivity index (χ1n) is 8.15. The number of halogens is 2. The number of nitrogens with zero attached hydrogens (tertiary/aromatic N) is 3. The highest BCUT2D eigenvalue weighted by Gasteiger charge is 2.16. The van der Waals surface area contributed by atoms with Crippen molar-refractivity contribution in [3.05, 3.63) is 48.4 Å².